The second-order valence-corrected chi connectivity index (χ2v) is 8.05. The summed E-state index contributed by atoms with van der Waals surface area (Å²) >= 11 is 6.70. The van der Waals surface area contributed by atoms with E-state index in [4.69, 9.17) is 0 Å². The summed E-state index contributed by atoms with van der Waals surface area (Å²) in [7, 11) is 0. The van der Waals surface area contributed by atoms with Crippen LogP contribution in [0, 0.1) is 0 Å². The van der Waals surface area contributed by atoms with E-state index in [1.807, 2.05) is 16.8 Å². The molecule has 2 heterocycles. The Hall–Kier alpha value is -0.230. The van der Waals surface area contributed by atoms with Gasteiger partial charge in [-0.05, 0) is 22.0 Å². The average molecular weight is 346 g/mol. The molecule has 0 aliphatic heterocycles. The van der Waals surface area contributed by atoms with Crippen molar-refractivity contribution in [2.45, 2.75) is 38.7 Å². The number of thiazole rings is 1. The third-order valence-electron chi connectivity index (χ3n) is 2.52. The number of aliphatic hydroxyl groups is 1. The highest BCUT2D eigenvalue weighted by atomic mass is 79.9. The van der Waals surface area contributed by atoms with Crippen molar-refractivity contribution >= 4 is 38.6 Å². The van der Waals surface area contributed by atoms with Crippen LogP contribution < -0.4 is 0 Å². The summed E-state index contributed by atoms with van der Waals surface area (Å²) in [6, 6.07) is 2.05. The summed E-state index contributed by atoms with van der Waals surface area (Å²) in [5.41, 5.74) is 0.837. The zero-order chi connectivity index (χ0) is 13.3. The quantitative estimate of drug-likeness (QED) is 0.885. The lowest BCUT2D eigenvalue weighted by Gasteiger charge is -2.14. The third-order valence-corrected chi connectivity index (χ3v) is 5.53. The van der Waals surface area contributed by atoms with Gasteiger partial charge in [0, 0.05) is 31.9 Å². The zero-order valence-electron chi connectivity index (χ0n) is 10.6. The average Bonchev–Trinajstić information content (AvgIpc) is 2.85. The summed E-state index contributed by atoms with van der Waals surface area (Å²) in [4.78, 5) is 5.71. The van der Waals surface area contributed by atoms with E-state index in [1.165, 1.54) is 4.88 Å². The number of rotatable bonds is 3. The van der Waals surface area contributed by atoms with Gasteiger partial charge >= 0.3 is 0 Å². The van der Waals surface area contributed by atoms with Gasteiger partial charge in [0.25, 0.3) is 0 Å². The van der Waals surface area contributed by atoms with Gasteiger partial charge in [-0.2, -0.15) is 0 Å². The Morgan fingerprint density at radius 2 is 2.06 bits per heavy atom. The smallest absolute Gasteiger partial charge is 0.102 e. The van der Waals surface area contributed by atoms with Crippen molar-refractivity contribution in [3.8, 4) is 0 Å². The predicted octanol–water partition coefficient (Wildman–Crippen LogP) is 4.54. The molecule has 2 aromatic heterocycles. The number of aromatic nitrogens is 1. The van der Waals surface area contributed by atoms with Crippen LogP contribution in [0.3, 0.4) is 0 Å². The van der Waals surface area contributed by atoms with Gasteiger partial charge in [0.2, 0.25) is 0 Å². The molecule has 1 unspecified atom stereocenters. The lowest BCUT2D eigenvalue weighted by Crippen LogP contribution is -2.11. The molecule has 1 N–H and O–H groups in total. The second-order valence-electron chi connectivity index (χ2n) is 5.28. The molecule has 0 bridgehead atoms. The van der Waals surface area contributed by atoms with Gasteiger partial charge in [0.1, 0.15) is 6.10 Å². The first kappa shape index (κ1) is 14.2. The first-order valence-electron chi connectivity index (χ1n) is 5.73. The topological polar surface area (TPSA) is 33.1 Å². The maximum atomic E-state index is 10.2. The fourth-order valence-electron chi connectivity index (χ4n) is 1.54. The molecule has 2 aromatic rings. The minimum atomic E-state index is -0.511. The minimum absolute atomic E-state index is 0.0502. The monoisotopic (exact) mass is 345 g/mol. The van der Waals surface area contributed by atoms with Crippen LogP contribution in [0.4, 0.5) is 0 Å². The molecule has 0 saturated carbocycles. The van der Waals surface area contributed by atoms with Gasteiger partial charge in [-0.1, -0.05) is 20.8 Å². The van der Waals surface area contributed by atoms with Gasteiger partial charge in [0.15, 0.2) is 0 Å². The number of nitrogens with zero attached hydrogens (tertiary/aromatic N) is 1. The summed E-state index contributed by atoms with van der Waals surface area (Å²) in [6.45, 7) is 6.41. The maximum Gasteiger partial charge on any atom is 0.102 e. The van der Waals surface area contributed by atoms with Crippen LogP contribution in [-0.4, -0.2) is 10.1 Å². The number of halogens is 1. The Balaban J connectivity index is 2.09. The van der Waals surface area contributed by atoms with Gasteiger partial charge < -0.3 is 5.11 Å². The van der Waals surface area contributed by atoms with Crippen molar-refractivity contribution in [3.05, 3.63) is 36.9 Å². The minimum Gasteiger partial charge on any atom is -0.386 e. The SMILES string of the molecule is CC(C)(C)c1nc(C(O)Cc2cc(Br)cs2)cs1. The fourth-order valence-corrected chi connectivity index (χ4v) is 3.98. The van der Waals surface area contributed by atoms with E-state index in [1.54, 1.807) is 22.7 Å². The number of hydrogen-bond donors (Lipinski definition) is 1. The largest absolute Gasteiger partial charge is 0.386 e. The number of aliphatic hydroxyl groups excluding tert-OH is 1. The molecule has 0 saturated heterocycles. The van der Waals surface area contributed by atoms with Crippen molar-refractivity contribution in [2.75, 3.05) is 0 Å². The Kier molecular flexibility index (Phi) is 4.26. The van der Waals surface area contributed by atoms with Gasteiger partial charge in [-0.3, -0.25) is 0 Å². The lowest BCUT2D eigenvalue weighted by atomic mass is 9.98. The molecule has 1 atom stereocenters. The molecule has 5 heteroatoms. The number of hydrogen-bond acceptors (Lipinski definition) is 4. The lowest BCUT2D eigenvalue weighted by molar-refractivity contribution is 0.175. The van der Waals surface area contributed by atoms with Crippen molar-refractivity contribution < 1.29 is 5.11 Å². The molecule has 18 heavy (non-hydrogen) atoms. The molecule has 0 radical (unpaired) electrons. The van der Waals surface area contributed by atoms with Gasteiger partial charge in [0.05, 0.1) is 10.7 Å². The first-order chi connectivity index (χ1) is 8.36. The molecular weight excluding hydrogens is 330 g/mol. The van der Waals surface area contributed by atoms with E-state index in [0.717, 1.165) is 15.2 Å². The van der Waals surface area contributed by atoms with Crippen molar-refractivity contribution in [3.63, 3.8) is 0 Å². The highest BCUT2D eigenvalue weighted by Crippen LogP contribution is 2.30. The van der Waals surface area contributed by atoms with Crippen LogP contribution in [0.25, 0.3) is 0 Å². The van der Waals surface area contributed by atoms with Crippen LogP contribution in [0.5, 0.6) is 0 Å². The summed E-state index contributed by atoms with van der Waals surface area (Å²) in [6.07, 6.45) is 0.117. The molecule has 98 valence electrons. The van der Waals surface area contributed by atoms with E-state index >= 15 is 0 Å². The molecule has 2 rings (SSSR count). The van der Waals surface area contributed by atoms with E-state index in [2.05, 4.69) is 41.7 Å². The Labute approximate surface area is 124 Å². The molecule has 0 amide bonds. The molecule has 0 aliphatic rings. The normalized spacial score (nSPS) is 13.8. The molecule has 0 spiro atoms. The molecule has 2 nitrogen and oxygen atoms in total. The first-order valence-corrected chi connectivity index (χ1v) is 8.28. The van der Waals surface area contributed by atoms with E-state index in [-0.39, 0.29) is 5.41 Å². The Morgan fingerprint density at radius 3 is 2.56 bits per heavy atom. The predicted molar refractivity (Wildman–Crippen MR) is 81.5 cm³/mol. The Bertz CT molecular complexity index is 527. The zero-order valence-corrected chi connectivity index (χ0v) is 13.8. The van der Waals surface area contributed by atoms with Crippen LogP contribution >= 0.6 is 38.6 Å². The van der Waals surface area contributed by atoms with E-state index in [0.29, 0.717) is 6.42 Å². The highest BCUT2D eigenvalue weighted by Gasteiger charge is 2.20. The molecule has 0 aliphatic carbocycles. The van der Waals surface area contributed by atoms with Crippen molar-refractivity contribution in [1.29, 1.82) is 0 Å². The highest BCUT2D eigenvalue weighted by molar-refractivity contribution is 9.10. The van der Waals surface area contributed by atoms with Crippen molar-refractivity contribution in [1.82, 2.24) is 4.98 Å². The second kappa shape index (κ2) is 5.41. The van der Waals surface area contributed by atoms with Crippen LogP contribution in [0.1, 0.15) is 42.5 Å². The molecule has 0 fully saturated rings. The van der Waals surface area contributed by atoms with Crippen molar-refractivity contribution in [2.24, 2.45) is 0 Å². The summed E-state index contributed by atoms with van der Waals surface area (Å²) in [5.74, 6) is 0. The van der Waals surface area contributed by atoms with E-state index in [9.17, 15) is 5.11 Å². The van der Waals surface area contributed by atoms with Crippen LogP contribution in [0.2, 0.25) is 0 Å². The standard InChI is InChI=1S/C13H16BrNOS2/c1-13(2,3)12-15-10(7-18-12)11(16)5-9-4-8(14)6-17-9/h4,6-7,11,16H,5H2,1-3H3. The van der Waals surface area contributed by atoms with Gasteiger partial charge in [-0.15, -0.1) is 22.7 Å². The summed E-state index contributed by atoms with van der Waals surface area (Å²) < 4.78 is 1.07. The molecular formula is C13H16BrNOS2. The fraction of sp³-hybridized carbons (Fsp3) is 0.462. The van der Waals surface area contributed by atoms with Crippen LogP contribution in [-0.2, 0) is 11.8 Å². The van der Waals surface area contributed by atoms with Gasteiger partial charge in [-0.25, -0.2) is 4.98 Å². The Morgan fingerprint density at radius 1 is 1.33 bits per heavy atom. The van der Waals surface area contributed by atoms with E-state index < -0.39 is 6.10 Å². The maximum absolute atomic E-state index is 10.2. The third kappa shape index (κ3) is 3.41. The van der Waals surface area contributed by atoms with Crippen LogP contribution in [0.15, 0.2) is 21.3 Å². The molecule has 0 aromatic carbocycles. The summed E-state index contributed by atoms with van der Waals surface area (Å²) in [5, 5.41) is 15.3. The number of thiophene rings is 1.